The van der Waals surface area contributed by atoms with Crippen molar-refractivity contribution in [3.63, 3.8) is 0 Å². The first-order valence-electron chi connectivity index (χ1n) is 9.22. The Kier molecular flexibility index (Phi) is 4.53. The van der Waals surface area contributed by atoms with E-state index in [2.05, 4.69) is 4.57 Å². The Morgan fingerprint density at radius 1 is 1.12 bits per heavy atom. The number of esters is 1. The topological polar surface area (TPSA) is 36.2 Å². The van der Waals surface area contributed by atoms with Crippen LogP contribution in [-0.4, -0.2) is 22.2 Å². The third-order valence-corrected chi connectivity index (χ3v) is 5.42. The van der Waals surface area contributed by atoms with Crippen molar-refractivity contribution in [3.8, 4) is 5.69 Å². The monoisotopic (exact) mass is 354 g/mol. The average molecular weight is 354 g/mol. The Labute approximate surface area is 152 Å². The Balaban J connectivity index is 1.78. The van der Waals surface area contributed by atoms with Crippen LogP contribution in [0.5, 0.6) is 0 Å². The highest BCUT2D eigenvalue weighted by atomic mass is 19.1. The van der Waals surface area contributed by atoms with E-state index in [1.54, 1.807) is 12.1 Å². The predicted molar refractivity (Wildman–Crippen MR) is 99.1 cm³/mol. The molecule has 0 unspecified atom stereocenters. The SMILES string of the molecule is COC(=O)c1cc2c(ccn2-c2ccc(F)cc2)n1CC1CCCCC1. The number of benzene rings is 1. The summed E-state index contributed by atoms with van der Waals surface area (Å²) in [5.41, 5.74) is 3.40. The summed E-state index contributed by atoms with van der Waals surface area (Å²) in [4.78, 5) is 12.3. The zero-order valence-electron chi connectivity index (χ0n) is 15.0. The zero-order valence-corrected chi connectivity index (χ0v) is 15.0. The fraction of sp³-hybridized carbons (Fsp3) is 0.381. The van der Waals surface area contributed by atoms with E-state index in [0.29, 0.717) is 11.6 Å². The minimum absolute atomic E-state index is 0.262. The van der Waals surface area contributed by atoms with Gasteiger partial charge in [0.2, 0.25) is 0 Å². The average Bonchev–Trinajstić information content (AvgIpc) is 3.23. The molecule has 5 heteroatoms. The molecule has 4 rings (SSSR count). The summed E-state index contributed by atoms with van der Waals surface area (Å²) >= 11 is 0. The standard InChI is InChI=1S/C21H23FN2O2/c1-26-21(25)20-13-19-18(24(20)14-15-5-3-2-4-6-15)11-12-23(19)17-9-7-16(22)8-10-17/h7-13,15H,2-6,14H2,1H3. The number of ether oxygens (including phenoxy) is 1. The van der Waals surface area contributed by atoms with Gasteiger partial charge >= 0.3 is 5.97 Å². The molecule has 1 aliphatic rings. The maximum Gasteiger partial charge on any atom is 0.354 e. The Bertz CT molecular complexity index is 918. The largest absolute Gasteiger partial charge is 0.464 e. The van der Waals surface area contributed by atoms with Gasteiger partial charge in [-0.3, -0.25) is 0 Å². The van der Waals surface area contributed by atoms with E-state index in [1.807, 2.05) is 22.9 Å². The van der Waals surface area contributed by atoms with Gasteiger partial charge in [0.15, 0.2) is 0 Å². The number of carbonyl (C=O) groups is 1. The zero-order chi connectivity index (χ0) is 18.1. The molecule has 1 aliphatic carbocycles. The predicted octanol–water partition coefficient (Wildman–Crippen LogP) is 4.94. The Morgan fingerprint density at radius 2 is 1.85 bits per heavy atom. The van der Waals surface area contributed by atoms with Crippen LogP contribution in [0.3, 0.4) is 0 Å². The van der Waals surface area contributed by atoms with Gasteiger partial charge < -0.3 is 13.9 Å². The van der Waals surface area contributed by atoms with Crippen molar-refractivity contribution >= 4 is 17.0 Å². The van der Waals surface area contributed by atoms with Gasteiger partial charge in [-0.25, -0.2) is 9.18 Å². The third-order valence-electron chi connectivity index (χ3n) is 5.42. The Hall–Kier alpha value is -2.56. The lowest BCUT2D eigenvalue weighted by Crippen LogP contribution is -2.18. The van der Waals surface area contributed by atoms with Gasteiger partial charge in [0.25, 0.3) is 0 Å². The fourth-order valence-electron chi connectivity index (χ4n) is 4.07. The van der Waals surface area contributed by atoms with Crippen LogP contribution >= 0.6 is 0 Å². The van der Waals surface area contributed by atoms with Crippen molar-refractivity contribution in [2.45, 2.75) is 38.6 Å². The highest BCUT2D eigenvalue weighted by molar-refractivity contribution is 5.95. The molecule has 0 aliphatic heterocycles. The second-order valence-corrected chi connectivity index (χ2v) is 7.07. The van der Waals surface area contributed by atoms with E-state index in [4.69, 9.17) is 4.74 Å². The van der Waals surface area contributed by atoms with Crippen molar-refractivity contribution in [2.24, 2.45) is 5.92 Å². The van der Waals surface area contributed by atoms with Gasteiger partial charge in [-0.1, -0.05) is 19.3 Å². The van der Waals surface area contributed by atoms with E-state index < -0.39 is 0 Å². The second kappa shape index (κ2) is 6.98. The number of methoxy groups -OCH3 is 1. The van der Waals surface area contributed by atoms with Crippen molar-refractivity contribution in [3.05, 3.63) is 54.1 Å². The van der Waals surface area contributed by atoms with Crippen LogP contribution in [0.15, 0.2) is 42.6 Å². The molecule has 0 atom stereocenters. The summed E-state index contributed by atoms with van der Waals surface area (Å²) in [6, 6.07) is 10.3. The van der Waals surface area contributed by atoms with Gasteiger partial charge in [0.1, 0.15) is 11.5 Å². The van der Waals surface area contributed by atoms with Gasteiger partial charge in [-0.2, -0.15) is 0 Å². The number of hydrogen-bond donors (Lipinski definition) is 0. The lowest BCUT2D eigenvalue weighted by Gasteiger charge is -2.23. The van der Waals surface area contributed by atoms with Crippen molar-refractivity contribution in [1.82, 2.24) is 9.13 Å². The lowest BCUT2D eigenvalue weighted by atomic mass is 9.89. The molecule has 2 heterocycles. The van der Waals surface area contributed by atoms with Crippen LogP contribution in [0.4, 0.5) is 4.39 Å². The molecule has 0 bridgehead atoms. The van der Waals surface area contributed by atoms with Crippen LogP contribution in [-0.2, 0) is 11.3 Å². The Morgan fingerprint density at radius 3 is 2.54 bits per heavy atom. The minimum Gasteiger partial charge on any atom is -0.464 e. The van der Waals surface area contributed by atoms with Gasteiger partial charge in [0.05, 0.1) is 18.1 Å². The van der Waals surface area contributed by atoms with Crippen molar-refractivity contribution in [1.29, 1.82) is 0 Å². The first kappa shape index (κ1) is 16.9. The van der Waals surface area contributed by atoms with Crippen LogP contribution in [0.1, 0.15) is 42.6 Å². The van der Waals surface area contributed by atoms with Crippen molar-refractivity contribution in [2.75, 3.05) is 7.11 Å². The maximum absolute atomic E-state index is 13.2. The molecular formula is C21H23FN2O2. The molecule has 1 saturated carbocycles. The molecule has 0 radical (unpaired) electrons. The van der Waals surface area contributed by atoms with Crippen LogP contribution < -0.4 is 0 Å². The molecule has 3 aromatic rings. The highest BCUT2D eigenvalue weighted by Crippen LogP contribution is 2.30. The van der Waals surface area contributed by atoms with E-state index in [-0.39, 0.29) is 11.8 Å². The molecular weight excluding hydrogens is 331 g/mol. The molecule has 0 amide bonds. The first-order chi connectivity index (χ1) is 12.7. The summed E-state index contributed by atoms with van der Waals surface area (Å²) in [6.07, 6.45) is 8.22. The van der Waals surface area contributed by atoms with E-state index in [1.165, 1.54) is 51.3 Å². The van der Waals surface area contributed by atoms with E-state index in [9.17, 15) is 9.18 Å². The molecule has 0 N–H and O–H groups in total. The number of hydrogen-bond acceptors (Lipinski definition) is 2. The molecule has 136 valence electrons. The molecule has 4 nitrogen and oxygen atoms in total. The first-order valence-corrected chi connectivity index (χ1v) is 9.22. The fourth-order valence-corrected chi connectivity index (χ4v) is 4.07. The van der Waals surface area contributed by atoms with E-state index >= 15 is 0 Å². The van der Waals surface area contributed by atoms with Gasteiger partial charge in [-0.15, -0.1) is 0 Å². The summed E-state index contributed by atoms with van der Waals surface area (Å²) in [5, 5.41) is 0. The molecule has 0 spiro atoms. The molecule has 1 aromatic carbocycles. The quantitative estimate of drug-likeness (QED) is 0.622. The molecule has 2 aromatic heterocycles. The smallest absolute Gasteiger partial charge is 0.354 e. The van der Waals surface area contributed by atoms with Crippen molar-refractivity contribution < 1.29 is 13.9 Å². The lowest BCUT2D eigenvalue weighted by molar-refractivity contribution is 0.0587. The number of nitrogens with zero attached hydrogens (tertiary/aromatic N) is 2. The molecule has 0 saturated heterocycles. The third kappa shape index (κ3) is 3.02. The minimum atomic E-state index is -0.317. The van der Waals surface area contributed by atoms with Crippen LogP contribution in [0.2, 0.25) is 0 Å². The van der Waals surface area contributed by atoms with E-state index in [0.717, 1.165) is 23.3 Å². The maximum atomic E-state index is 13.2. The van der Waals surface area contributed by atoms with Gasteiger partial charge in [0, 0.05) is 18.4 Å². The summed E-state index contributed by atoms with van der Waals surface area (Å²) in [6.45, 7) is 0.835. The number of halogens is 1. The van der Waals surface area contributed by atoms with Crippen LogP contribution in [0.25, 0.3) is 16.7 Å². The highest BCUT2D eigenvalue weighted by Gasteiger charge is 2.22. The summed E-state index contributed by atoms with van der Waals surface area (Å²) < 4.78 is 22.3. The summed E-state index contributed by atoms with van der Waals surface area (Å²) in [7, 11) is 1.42. The normalized spacial score (nSPS) is 15.5. The number of carbonyl (C=O) groups excluding carboxylic acids is 1. The number of fused-ring (bicyclic) bond motifs is 1. The second-order valence-electron chi connectivity index (χ2n) is 7.07. The van der Waals surface area contributed by atoms with Gasteiger partial charge in [-0.05, 0) is 55.2 Å². The molecule has 1 fully saturated rings. The number of rotatable bonds is 4. The summed E-state index contributed by atoms with van der Waals surface area (Å²) in [5.74, 6) is 0.0156. The van der Waals surface area contributed by atoms with Crippen LogP contribution in [0, 0.1) is 11.7 Å². The molecule has 26 heavy (non-hydrogen) atoms. The number of aromatic nitrogens is 2.